The molecule has 8 nitrogen and oxygen atoms in total. The molecule has 1 unspecified atom stereocenters. The third-order valence-corrected chi connectivity index (χ3v) is 3.43. The van der Waals surface area contributed by atoms with E-state index in [9.17, 15) is 18.0 Å². The lowest BCUT2D eigenvalue weighted by molar-refractivity contribution is -0.192. The molecule has 142 valence electrons. The van der Waals surface area contributed by atoms with Gasteiger partial charge in [-0.2, -0.15) is 18.2 Å². The van der Waals surface area contributed by atoms with E-state index in [1.165, 1.54) is 0 Å². The van der Waals surface area contributed by atoms with Crippen LogP contribution in [0.3, 0.4) is 0 Å². The molecule has 3 heterocycles. The lowest BCUT2D eigenvalue weighted by atomic mass is 10.2. The number of halogens is 3. The fourth-order valence-corrected chi connectivity index (χ4v) is 2.20. The number of aliphatic carboxylic acids is 1. The third-order valence-electron chi connectivity index (χ3n) is 3.43. The standard InChI is InChI=1S/C13H15N3O3.C2HF3O2/c1-8-4-5-10(12(17)14-8)13-15-11(16-19-13)7-9-3-2-6-18-9;3-2(4,5)1(6)7/h4-5,9H,2-3,6-7H2,1H3,(H,14,17);(H,6,7). The monoisotopic (exact) mass is 375 g/mol. The normalized spacial score (nSPS) is 16.8. The SMILES string of the molecule is Cc1ccc(-c2nc(CC3CCCO3)no2)c(=O)[nH]1.O=C(O)C(F)(F)F. The van der Waals surface area contributed by atoms with Gasteiger partial charge in [-0.25, -0.2) is 4.79 Å². The Morgan fingerprint density at radius 1 is 1.42 bits per heavy atom. The second kappa shape index (κ2) is 8.13. The van der Waals surface area contributed by atoms with Crippen molar-refractivity contribution in [1.82, 2.24) is 15.1 Å². The number of aromatic nitrogens is 3. The maximum atomic E-state index is 11.8. The van der Waals surface area contributed by atoms with Gasteiger partial charge >= 0.3 is 12.1 Å². The molecular formula is C15H16F3N3O5. The van der Waals surface area contributed by atoms with Crippen molar-refractivity contribution in [3.8, 4) is 11.5 Å². The first-order chi connectivity index (χ1) is 12.2. The Bertz CT molecular complexity index is 809. The number of pyridine rings is 1. The van der Waals surface area contributed by atoms with Crippen LogP contribution in [0.5, 0.6) is 0 Å². The summed E-state index contributed by atoms with van der Waals surface area (Å²) < 4.78 is 42.4. The van der Waals surface area contributed by atoms with E-state index >= 15 is 0 Å². The first kappa shape index (κ1) is 19.6. The molecule has 3 rings (SSSR count). The summed E-state index contributed by atoms with van der Waals surface area (Å²) in [5, 5.41) is 11.0. The number of alkyl halides is 3. The molecule has 0 saturated carbocycles. The molecule has 2 N–H and O–H groups in total. The first-order valence-electron chi connectivity index (χ1n) is 7.61. The lowest BCUT2D eigenvalue weighted by Crippen LogP contribution is -2.21. The molecule has 1 saturated heterocycles. The highest BCUT2D eigenvalue weighted by molar-refractivity contribution is 5.73. The zero-order chi connectivity index (χ0) is 19.3. The summed E-state index contributed by atoms with van der Waals surface area (Å²) >= 11 is 0. The summed E-state index contributed by atoms with van der Waals surface area (Å²) in [6, 6.07) is 3.50. The largest absolute Gasteiger partial charge is 0.490 e. The van der Waals surface area contributed by atoms with Crippen molar-refractivity contribution in [2.75, 3.05) is 6.61 Å². The predicted molar refractivity (Wildman–Crippen MR) is 81.5 cm³/mol. The second-order valence-corrected chi connectivity index (χ2v) is 5.54. The quantitative estimate of drug-likeness (QED) is 0.843. The van der Waals surface area contributed by atoms with Gasteiger partial charge in [0, 0.05) is 18.7 Å². The van der Waals surface area contributed by atoms with Crippen LogP contribution in [-0.2, 0) is 16.0 Å². The van der Waals surface area contributed by atoms with Crippen molar-refractivity contribution in [2.45, 2.75) is 38.5 Å². The number of carbonyl (C=O) groups is 1. The summed E-state index contributed by atoms with van der Waals surface area (Å²) in [6.45, 7) is 2.62. The van der Waals surface area contributed by atoms with Crippen molar-refractivity contribution in [3.63, 3.8) is 0 Å². The molecule has 0 aromatic carbocycles. The number of nitrogens with zero attached hydrogens (tertiary/aromatic N) is 2. The number of hydrogen-bond acceptors (Lipinski definition) is 6. The fraction of sp³-hybridized carbons (Fsp3) is 0.467. The third kappa shape index (κ3) is 5.41. The van der Waals surface area contributed by atoms with E-state index in [-0.39, 0.29) is 17.6 Å². The summed E-state index contributed by atoms with van der Waals surface area (Å²) in [6.07, 6.45) is -2.18. The summed E-state index contributed by atoms with van der Waals surface area (Å²) in [5.74, 6) is -1.91. The van der Waals surface area contributed by atoms with Gasteiger partial charge in [-0.3, -0.25) is 4.79 Å². The molecule has 26 heavy (non-hydrogen) atoms. The Balaban J connectivity index is 0.000000298. The van der Waals surface area contributed by atoms with Gasteiger partial charge in [0.25, 0.3) is 11.4 Å². The van der Waals surface area contributed by atoms with Crippen LogP contribution in [0.15, 0.2) is 21.5 Å². The van der Waals surface area contributed by atoms with Gasteiger partial charge in [-0.15, -0.1) is 0 Å². The Hall–Kier alpha value is -2.69. The van der Waals surface area contributed by atoms with Crippen LogP contribution in [-0.4, -0.2) is 45.1 Å². The van der Waals surface area contributed by atoms with Gasteiger partial charge in [-0.1, -0.05) is 5.16 Å². The van der Waals surface area contributed by atoms with Crippen LogP contribution in [0, 0.1) is 6.92 Å². The summed E-state index contributed by atoms with van der Waals surface area (Å²) in [4.78, 5) is 27.7. The van der Waals surface area contributed by atoms with Crippen LogP contribution in [0.4, 0.5) is 13.2 Å². The highest BCUT2D eigenvalue weighted by atomic mass is 19.4. The number of hydrogen-bond donors (Lipinski definition) is 2. The average molecular weight is 375 g/mol. The van der Waals surface area contributed by atoms with E-state index < -0.39 is 12.1 Å². The zero-order valence-corrected chi connectivity index (χ0v) is 13.7. The van der Waals surface area contributed by atoms with Gasteiger partial charge in [0.15, 0.2) is 5.82 Å². The molecule has 1 aliphatic heterocycles. The maximum absolute atomic E-state index is 11.8. The van der Waals surface area contributed by atoms with Crippen molar-refractivity contribution in [3.05, 3.63) is 34.0 Å². The Kier molecular flexibility index (Phi) is 6.14. The molecule has 1 atom stereocenters. The molecular weight excluding hydrogens is 359 g/mol. The highest BCUT2D eigenvalue weighted by Crippen LogP contribution is 2.18. The minimum absolute atomic E-state index is 0.168. The molecule has 0 bridgehead atoms. The lowest BCUT2D eigenvalue weighted by Gasteiger charge is -2.03. The van der Waals surface area contributed by atoms with Crippen molar-refractivity contribution < 1.29 is 32.3 Å². The van der Waals surface area contributed by atoms with Crippen LogP contribution < -0.4 is 5.56 Å². The second-order valence-electron chi connectivity index (χ2n) is 5.54. The van der Waals surface area contributed by atoms with E-state index in [4.69, 9.17) is 19.2 Å². The van der Waals surface area contributed by atoms with Gasteiger partial charge < -0.3 is 19.4 Å². The average Bonchev–Trinajstić information content (AvgIpc) is 3.19. The fourth-order valence-electron chi connectivity index (χ4n) is 2.20. The number of aryl methyl sites for hydroxylation is 1. The van der Waals surface area contributed by atoms with E-state index in [1.54, 1.807) is 12.1 Å². The predicted octanol–water partition coefficient (Wildman–Crippen LogP) is 2.09. The highest BCUT2D eigenvalue weighted by Gasteiger charge is 2.38. The molecule has 0 amide bonds. The Labute approximate surface area is 145 Å². The molecule has 2 aromatic rings. The number of aromatic amines is 1. The van der Waals surface area contributed by atoms with Gasteiger partial charge in [-0.05, 0) is 31.9 Å². The van der Waals surface area contributed by atoms with Crippen molar-refractivity contribution in [1.29, 1.82) is 0 Å². The summed E-state index contributed by atoms with van der Waals surface area (Å²) in [7, 11) is 0. The van der Waals surface area contributed by atoms with Crippen molar-refractivity contribution >= 4 is 5.97 Å². The molecule has 0 radical (unpaired) electrons. The van der Waals surface area contributed by atoms with Crippen LogP contribution in [0.25, 0.3) is 11.5 Å². The number of H-pyrrole nitrogens is 1. The van der Waals surface area contributed by atoms with Crippen LogP contribution in [0.1, 0.15) is 24.4 Å². The minimum atomic E-state index is -5.08. The molecule has 2 aromatic heterocycles. The van der Waals surface area contributed by atoms with Crippen LogP contribution in [0.2, 0.25) is 0 Å². The van der Waals surface area contributed by atoms with Gasteiger partial charge in [0.1, 0.15) is 5.56 Å². The van der Waals surface area contributed by atoms with E-state index in [2.05, 4.69) is 15.1 Å². The Morgan fingerprint density at radius 2 is 2.12 bits per heavy atom. The number of carboxylic acids is 1. The van der Waals surface area contributed by atoms with Crippen molar-refractivity contribution in [2.24, 2.45) is 0 Å². The number of carboxylic acid groups (broad SMARTS) is 1. The van der Waals surface area contributed by atoms with E-state index in [1.807, 2.05) is 6.92 Å². The molecule has 0 spiro atoms. The van der Waals surface area contributed by atoms with E-state index in [0.29, 0.717) is 17.8 Å². The minimum Gasteiger partial charge on any atom is -0.475 e. The van der Waals surface area contributed by atoms with Gasteiger partial charge in [0.2, 0.25) is 0 Å². The summed E-state index contributed by atoms with van der Waals surface area (Å²) in [5.41, 5.74) is 0.983. The molecule has 1 aliphatic rings. The Morgan fingerprint density at radius 3 is 2.65 bits per heavy atom. The number of nitrogens with one attached hydrogen (secondary N) is 1. The smallest absolute Gasteiger partial charge is 0.475 e. The maximum Gasteiger partial charge on any atom is 0.490 e. The molecule has 11 heteroatoms. The van der Waals surface area contributed by atoms with Crippen LogP contribution >= 0.6 is 0 Å². The number of ether oxygens (including phenoxy) is 1. The molecule has 0 aliphatic carbocycles. The van der Waals surface area contributed by atoms with E-state index in [0.717, 1.165) is 25.1 Å². The zero-order valence-electron chi connectivity index (χ0n) is 13.7. The van der Waals surface area contributed by atoms with Gasteiger partial charge in [0.05, 0.1) is 6.10 Å². The first-order valence-corrected chi connectivity index (χ1v) is 7.61. The number of rotatable bonds is 3. The topological polar surface area (TPSA) is 118 Å². The molecule has 1 fully saturated rings.